The van der Waals surface area contributed by atoms with Crippen LogP contribution in [0, 0.1) is 0 Å². The Bertz CT molecular complexity index is 777. The van der Waals surface area contributed by atoms with Gasteiger partial charge in [0, 0.05) is 18.1 Å². The lowest BCUT2D eigenvalue weighted by Crippen LogP contribution is -2.38. The summed E-state index contributed by atoms with van der Waals surface area (Å²) in [5.41, 5.74) is 4.77. The highest BCUT2D eigenvalue weighted by Crippen LogP contribution is 2.32. The summed E-state index contributed by atoms with van der Waals surface area (Å²) in [6, 6.07) is 16.4. The SMILES string of the molecule is Clc1ccccc1/C=C1\CCCN2Cc3ccccc3N=C12. The van der Waals surface area contributed by atoms with Crippen molar-refractivity contribution in [2.45, 2.75) is 19.4 Å². The number of rotatable bonds is 1. The van der Waals surface area contributed by atoms with Crippen molar-refractivity contribution in [2.75, 3.05) is 6.54 Å². The number of para-hydroxylation sites is 1. The molecule has 0 aliphatic carbocycles. The summed E-state index contributed by atoms with van der Waals surface area (Å²) in [7, 11) is 0. The minimum Gasteiger partial charge on any atom is -0.352 e. The third-order valence-electron chi connectivity index (χ3n) is 4.28. The molecule has 22 heavy (non-hydrogen) atoms. The van der Waals surface area contributed by atoms with E-state index < -0.39 is 0 Å². The van der Waals surface area contributed by atoms with Crippen molar-refractivity contribution in [1.29, 1.82) is 0 Å². The predicted molar refractivity (Wildman–Crippen MR) is 92.6 cm³/mol. The van der Waals surface area contributed by atoms with Gasteiger partial charge < -0.3 is 4.90 Å². The number of hydrogen-bond donors (Lipinski definition) is 0. The molecule has 0 unspecified atom stereocenters. The molecule has 110 valence electrons. The van der Waals surface area contributed by atoms with Crippen LogP contribution in [0.5, 0.6) is 0 Å². The van der Waals surface area contributed by atoms with Gasteiger partial charge in [-0.05, 0) is 47.8 Å². The summed E-state index contributed by atoms with van der Waals surface area (Å²) in [4.78, 5) is 7.29. The molecule has 2 aliphatic rings. The fourth-order valence-corrected chi connectivity index (χ4v) is 3.36. The highest BCUT2D eigenvalue weighted by atomic mass is 35.5. The summed E-state index contributed by atoms with van der Waals surface area (Å²) in [5, 5.41) is 0.795. The summed E-state index contributed by atoms with van der Waals surface area (Å²) >= 11 is 6.30. The van der Waals surface area contributed by atoms with E-state index in [2.05, 4.69) is 41.3 Å². The Hall–Kier alpha value is -2.06. The van der Waals surface area contributed by atoms with Crippen LogP contribution in [0.1, 0.15) is 24.0 Å². The Morgan fingerprint density at radius 3 is 2.77 bits per heavy atom. The first kappa shape index (κ1) is 13.6. The standard InChI is InChI=1S/C19H17ClN2/c20-17-9-3-1-6-14(17)12-15-8-5-11-22-13-16-7-2-4-10-18(16)21-19(15)22/h1-4,6-7,9-10,12H,5,8,11,13H2/b15-12+. The van der Waals surface area contributed by atoms with Crippen molar-refractivity contribution < 1.29 is 0 Å². The Morgan fingerprint density at radius 2 is 1.86 bits per heavy atom. The number of benzene rings is 2. The average molecular weight is 309 g/mol. The second kappa shape index (κ2) is 5.62. The van der Waals surface area contributed by atoms with E-state index in [0.717, 1.165) is 48.0 Å². The molecule has 0 radical (unpaired) electrons. The van der Waals surface area contributed by atoms with Gasteiger partial charge in [0.2, 0.25) is 0 Å². The van der Waals surface area contributed by atoms with Crippen molar-refractivity contribution in [3.63, 3.8) is 0 Å². The van der Waals surface area contributed by atoms with Crippen LogP contribution in [-0.4, -0.2) is 17.3 Å². The minimum atomic E-state index is 0.795. The number of piperidine rings is 1. The van der Waals surface area contributed by atoms with Gasteiger partial charge in [-0.25, -0.2) is 4.99 Å². The van der Waals surface area contributed by atoms with Gasteiger partial charge in [-0.1, -0.05) is 48.0 Å². The van der Waals surface area contributed by atoms with Crippen molar-refractivity contribution in [2.24, 2.45) is 4.99 Å². The zero-order valence-corrected chi connectivity index (χ0v) is 13.1. The first-order valence-electron chi connectivity index (χ1n) is 7.68. The van der Waals surface area contributed by atoms with Gasteiger partial charge >= 0.3 is 0 Å². The zero-order valence-electron chi connectivity index (χ0n) is 12.3. The van der Waals surface area contributed by atoms with Crippen molar-refractivity contribution in [3.8, 4) is 0 Å². The molecule has 2 nitrogen and oxygen atoms in total. The molecule has 2 aromatic rings. The van der Waals surface area contributed by atoms with E-state index in [4.69, 9.17) is 16.6 Å². The molecule has 1 fully saturated rings. The molecule has 0 amide bonds. The van der Waals surface area contributed by atoms with E-state index in [9.17, 15) is 0 Å². The van der Waals surface area contributed by atoms with E-state index in [1.807, 2.05) is 18.2 Å². The fourth-order valence-electron chi connectivity index (χ4n) is 3.17. The van der Waals surface area contributed by atoms with Crippen LogP contribution in [0.4, 0.5) is 5.69 Å². The van der Waals surface area contributed by atoms with E-state index in [1.54, 1.807) is 0 Å². The topological polar surface area (TPSA) is 15.6 Å². The monoisotopic (exact) mass is 308 g/mol. The summed E-state index contributed by atoms with van der Waals surface area (Å²) in [5.74, 6) is 1.12. The Kier molecular flexibility index (Phi) is 3.47. The number of nitrogens with zero attached hydrogens (tertiary/aromatic N) is 2. The smallest absolute Gasteiger partial charge is 0.132 e. The normalized spacial score (nSPS) is 18.7. The molecule has 0 aromatic heterocycles. The van der Waals surface area contributed by atoms with E-state index in [1.165, 1.54) is 11.1 Å². The average Bonchev–Trinajstić information content (AvgIpc) is 2.55. The maximum atomic E-state index is 6.30. The molecule has 0 saturated carbocycles. The van der Waals surface area contributed by atoms with Crippen LogP contribution < -0.4 is 0 Å². The number of hydrogen-bond acceptors (Lipinski definition) is 2. The molecule has 4 rings (SSSR count). The maximum Gasteiger partial charge on any atom is 0.132 e. The van der Waals surface area contributed by atoms with Crippen LogP contribution in [0.2, 0.25) is 5.02 Å². The molecule has 0 bridgehead atoms. The van der Waals surface area contributed by atoms with E-state index in [0.29, 0.717) is 0 Å². The quantitative estimate of drug-likeness (QED) is 0.718. The van der Waals surface area contributed by atoms with E-state index in [-0.39, 0.29) is 0 Å². The Morgan fingerprint density at radius 1 is 1.05 bits per heavy atom. The molecular weight excluding hydrogens is 292 g/mol. The van der Waals surface area contributed by atoms with Gasteiger partial charge in [-0.15, -0.1) is 0 Å². The van der Waals surface area contributed by atoms with Crippen molar-refractivity contribution in [1.82, 2.24) is 4.90 Å². The fraction of sp³-hybridized carbons (Fsp3) is 0.211. The highest BCUT2D eigenvalue weighted by molar-refractivity contribution is 6.32. The second-order valence-electron chi connectivity index (χ2n) is 5.78. The van der Waals surface area contributed by atoms with Gasteiger partial charge in [-0.3, -0.25) is 0 Å². The van der Waals surface area contributed by atoms with Crippen LogP contribution >= 0.6 is 11.6 Å². The van der Waals surface area contributed by atoms with Crippen molar-refractivity contribution >= 4 is 29.2 Å². The highest BCUT2D eigenvalue weighted by Gasteiger charge is 2.25. The number of halogens is 1. The second-order valence-corrected chi connectivity index (χ2v) is 6.19. The van der Waals surface area contributed by atoms with Gasteiger partial charge in [0.15, 0.2) is 0 Å². The van der Waals surface area contributed by atoms with Crippen molar-refractivity contribution in [3.05, 3.63) is 70.3 Å². The molecule has 0 N–H and O–H groups in total. The summed E-state index contributed by atoms with van der Waals surface area (Å²) < 4.78 is 0. The minimum absolute atomic E-state index is 0.795. The Balaban J connectivity index is 1.78. The largest absolute Gasteiger partial charge is 0.352 e. The van der Waals surface area contributed by atoms with Gasteiger partial charge in [-0.2, -0.15) is 0 Å². The molecule has 1 saturated heterocycles. The molecule has 2 aliphatic heterocycles. The zero-order chi connectivity index (χ0) is 14.9. The van der Waals surface area contributed by atoms with E-state index >= 15 is 0 Å². The van der Waals surface area contributed by atoms with Crippen LogP contribution in [0.25, 0.3) is 6.08 Å². The first-order chi connectivity index (χ1) is 10.8. The number of fused-ring (bicyclic) bond motifs is 2. The summed E-state index contributed by atoms with van der Waals surface area (Å²) in [6.07, 6.45) is 4.42. The lowest BCUT2D eigenvalue weighted by Gasteiger charge is -2.35. The predicted octanol–water partition coefficient (Wildman–Crippen LogP) is 5.06. The summed E-state index contributed by atoms with van der Waals surface area (Å²) in [6.45, 7) is 2.03. The number of aliphatic imine (C=N–C) groups is 1. The molecule has 2 heterocycles. The first-order valence-corrected chi connectivity index (χ1v) is 8.06. The van der Waals surface area contributed by atoms with Gasteiger partial charge in [0.25, 0.3) is 0 Å². The van der Waals surface area contributed by atoms with Crippen LogP contribution in [-0.2, 0) is 6.54 Å². The number of amidine groups is 1. The lowest BCUT2D eigenvalue weighted by molar-refractivity contribution is 0.381. The third kappa shape index (κ3) is 2.44. The van der Waals surface area contributed by atoms with Gasteiger partial charge in [0.1, 0.15) is 5.84 Å². The maximum absolute atomic E-state index is 6.30. The molecule has 0 atom stereocenters. The third-order valence-corrected chi connectivity index (χ3v) is 4.62. The molecule has 3 heteroatoms. The molecule has 0 spiro atoms. The lowest BCUT2D eigenvalue weighted by atomic mass is 9.97. The van der Waals surface area contributed by atoms with Crippen LogP contribution in [0.3, 0.4) is 0 Å². The Labute approximate surface area is 135 Å². The molecule has 2 aromatic carbocycles. The van der Waals surface area contributed by atoms with Crippen LogP contribution in [0.15, 0.2) is 59.1 Å². The van der Waals surface area contributed by atoms with Gasteiger partial charge in [0.05, 0.1) is 5.69 Å². The molecular formula is C19H17ClN2.